The molecule has 1 saturated heterocycles. The Balaban J connectivity index is 1.67. The average Bonchev–Trinajstić information content (AvgIpc) is 3.03. The third kappa shape index (κ3) is 4.83. The number of anilines is 1. The summed E-state index contributed by atoms with van der Waals surface area (Å²) in [4.78, 5) is 41.5. The van der Waals surface area contributed by atoms with E-state index < -0.39 is 0 Å². The van der Waals surface area contributed by atoms with Crippen LogP contribution >= 0.6 is 11.3 Å². The van der Waals surface area contributed by atoms with E-state index in [0.29, 0.717) is 31.3 Å². The molecule has 2 aromatic rings. The molecule has 3 heterocycles. The second-order valence-electron chi connectivity index (χ2n) is 7.17. The molecule has 1 N–H and O–H groups in total. The van der Waals surface area contributed by atoms with Crippen LogP contribution in [0.5, 0.6) is 0 Å². The Hall–Kier alpha value is -2.55. The molecule has 1 aliphatic heterocycles. The predicted molar refractivity (Wildman–Crippen MR) is 108 cm³/mol. The lowest BCUT2D eigenvalue weighted by Crippen LogP contribution is -2.36. The fraction of sp³-hybridized carbons (Fsp3) is 0.526. The second kappa shape index (κ2) is 9.09. The molecule has 0 aromatic carbocycles. The van der Waals surface area contributed by atoms with Crippen molar-refractivity contribution >= 4 is 29.1 Å². The summed E-state index contributed by atoms with van der Waals surface area (Å²) in [6.45, 7) is 8.32. The summed E-state index contributed by atoms with van der Waals surface area (Å²) in [5.74, 6) is 0.722. The van der Waals surface area contributed by atoms with Crippen molar-refractivity contribution in [2.45, 2.75) is 33.2 Å². The lowest BCUT2D eigenvalue weighted by molar-refractivity contribution is -0.120. The fourth-order valence-electron chi connectivity index (χ4n) is 3.20. The van der Waals surface area contributed by atoms with Crippen molar-refractivity contribution in [1.82, 2.24) is 25.2 Å². The second-order valence-corrected chi connectivity index (χ2v) is 8.06. The quantitative estimate of drug-likeness (QED) is 0.824. The van der Waals surface area contributed by atoms with Gasteiger partial charge >= 0.3 is 0 Å². The SMILES string of the molecule is CC(=O)N[C@@H](c1nc(C(=O)N2CCCN(c3ncccn3)CC2)cs1)C(C)C. The summed E-state index contributed by atoms with van der Waals surface area (Å²) in [5, 5.41) is 5.48. The van der Waals surface area contributed by atoms with Crippen LogP contribution < -0.4 is 10.2 Å². The molecule has 0 spiro atoms. The molecule has 0 radical (unpaired) electrons. The molecule has 0 saturated carbocycles. The van der Waals surface area contributed by atoms with Crippen LogP contribution in [-0.4, -0.2) is 57.8 Å². The smallest absolute Gasteiger partial charge is 0.273 e. The Labute approximate surface area is 169 Å². The minimum atomic E-state index is -0.182. The summed E-state index contributed by atoms with van der Waals surface area (Å²) in [6, 6.07) is 1.61. The highest BCUT2D eigenvalue weighted by molar-refractivity contribution is 7.09. The molecular formula is C19H26N6O2S. The monoisotopic (exact) mass is 402 g/mol. The number of hydrogen-bond donors (Lipinski definition) is 1. The third-order valence-corrected chi connectivity index (χ3v) is 5.58. The number of carbonyl (C=O) groups is 2. The molecule has 1 aliphatic rings. The van der Waals surface area contributed by atoms with E-state index in [0.717, 1.165) is 18.0 Å². The number of thiazole rings is 1. The largest absolute Gasteiger partial charge is 0.347 e. The highest BCUT2D eigenvalue weighted by atomic mass is 32.1. The van der Waals surface area contributed by atoms with E-state index in [1.54, 1.807) is 23.8 Å². The Bertz CT molecular complexity index is 810. The molecule has 0 aliphatic carbocycles. The van der Waals surface area contributed by atoms with Gasteiger partial charge in [0.2, 0.25) is 11.9 Å². The molecule has 2 amide bonds. The van der Waals surface area contributed by atoms with Crippen LogP contribution in [0.1, 0.15) is 48.7 Å². The lowest BCUT2D eigenvalue weighted by Gasteiger charge is -2.21. The molecule has 9 heteroatoms. The lowest BCUT2D eigenvalue weighted by atomic mass is 10.1. The first-order valence-corrected chi connectivity index (χ1v) is 10.4. The van der Waals surface area contributed by atoms with Gasteiger partial charge in [-0.05, 0) is 18.4 Å². The van der Waals surface area contributed by atoms with Gasteiger partial charge in [-0.3, -0.25) is 9.59 Å². The molecule has 0 unspecified atom stereocenters. The number of nitrogens with zero attached hydrogens (tertiary/aromatic N) is 5. The van der Waals surface area contributed by atoms with Gasteiger partial charge in [-0.15, -0.1) is 11.3 Å². The standard InChI is InChI=1S/C19H26N6O2S/c1-13(2)16(22-14(3)26)17-23-15(12-28-17)18(27)24-8-5-9-25(11-10-24)19-20-6-4-7-21-19/h4,6-7,12-13,16H,5,8-11H2,1-3H3,(H,22,26)/t16-/m1/s1. The van der Waals surface area contributed by atoms with E-state index in [9.17, 15) is 9.59 Å². The van der Waals surface area contributed by atoms with Gasteiger partial charge < -0.3 is 15.1 Å². The Morgan fingerprint density at radius 2 is 1.89 bits per heavy atom. The van der Waals surface area contributed by atoms with Crippen LogP contribution in [0.15, 0.2) is 23.8 Å². The molecule has 8 nitrogen and oxygen atoms in total. The van der Waals surface area contributed by atoms with Crippen molar-refractivity contribution in [3.63, 3.8) is 0 Å². The maximum Gasteiger partial charge on any atom is 0.273 e. The Morgan fingerprint density at radius 1 is 1.14 bits per heavy atom. The first kappa shape index (κ1) is 20.2. The predicted octanol–water partition coefficient (Wildman–Crippen LogP) is 2.12. The van der Waals surface area contributed by atoms with Gasteiger partial charge in [0.15, 0.2) is 0 Å². The van der Waals surface area contributed by atoms with E-state index >= 15 is 0 Å². The average molecular weight is 403 g/mol. The van der Waals surface area contributed by atoms with Crippen molar-refractivity contribution in [3.05, 3.63) is 34.5 Å². The van der Waals surface area contributed by atoms with Gasteiger partial charge in [0.05, 0.1) is 6.04 Å². The number of carbonyl (C=O) groups excluding carboxylic acids is 2. The minimum absolute atomic E-state index is 0.0661. The summed E-state index contributed by atoms with van der Waals surface area (Å²) >= 11 is 1.42. The molecule has 1 fully saturated rings. The van der Waals surface area contributed by atoms with E-state index in [1.165, 1.54) is 18.3 Å². The number of nitrogens with one attached hydrogen (secondary N) is 1. The van der Waals surface area contributed by atoms with E-state index in [2.05, 4.69) is 25.2 Å². The van der Waals surface area contributed by atoms with Crippen molar-refractivity contribution in [2.75, 3.05) is 31.1 Å². The van der Waals surface area contributed by atoms with Gasteiger partial charge in [-0.1, -0.05) is 13.8 Å². The molecule has 28 heavy (non-hydrogen) atoms. The zero-order valence-electron chi connectivity index (χ0n) is 16.5. The van der Waals surface area contributed by atoms with Crippen molar-refractivity contribution in [3.8, 4) is 0 Å². The Kier molecular flexibility index (Phi) is 6.56. The van der Waals surface area contributed by atoms with Gasteiger partial charge in [0, 0.05) is 50.9 Å². The zero-order chi connectivity index (χ0) is 20.1. The van der Waals surface area contributed by atoms with Crippen LogP contribution in [0.3, 0.4) is 0 Å². The highest BCUT2D eigenvalue weighted by Gasteiger charge is 2.26. The first-order chi connectivity index (χ1) is 13.5. The van der Waals surface area contributed by atoms with Crippen LogP contribution in [0.2, 0.25) is 0 Å². The Morgan fingerprint density at radius 3 is 2.57 bits per heavy atom. The summed E-state index contributed by atoms with van der Waals surface area (Å²) in [5.41, 5.74) is 0.445. The van der Waals surface area contributed by atoms with E-state index in [-0.39, 0.29) is 23.8 Å². The van der Waals surface area contributed by atoms with Crippen LogP contribution in [0.4, 0.5) is 5.95 Å². The zero-order valence-corrected chi connectivity index (χ0v) is 17.3. The maximum absolute atomic E-state index is 13.0. The highest BCUT2D eigenvalue weighted by Crippen LogP contribution is 2.25. The molecule has 1 atom stereocenters. The maximum atomic E-state index is 13.0. The van der Waals surface area contributed by atoms with Gasteiger partial charge in [-0.25, -0.2) is 15.0 Å². The van der Waals surface area contributed by atoms with E-state index in [1.807, 2.05) is 18.7 Å². The topological polar surface area (TPSA) is 91.3 Å². The fourth-order valence-corrected chi connectivity index (χ4v) is 4.21. The third-order valence-electron chi connectivity index (χ3n) is 4.65. The summed E-state index contributed by atoms with van der Waals surface area (Å²) in [6.07, 6.45) is 4.31. The van der Waals surface area contributed by atoms with Gasteiger partial charge in [0.25, 0.3) is 5.91 Å². The number of hydrogen-bond acceptors (Lipinski definition) is 7. The van der Waals surface area contributed by atoms with Gasteiger partial charge in [0.1, 0.15) is 10.7 Å². The van der Waals surface area contributed by atoms with Crippen LogP contribution in [0.25, 0.3) is 0 Å². The molecule has 0 bridgehead atoms. The molecular weight excluding hydrogens is 376 g/mol. The number of amides is 2. The molecule has 2 aromatic heterocycles. The normalized spacial score (nSPS) is 16.0. The minimum Gasteiger partial charge on any atom is -0.347 e. The first-order valence-electron chi connectivity index (χ1n) is 9.49. The van der Waals surface area contributed by atoms with E-state index in [4.69, 9.17) is 0 Å². The van der Waals surface area contributed by atoms with Crippen LogP contribution in [0, 0.1) is 5.92 Å². The van der Waals surface area contributed by atoms with Crippen LogP contribution in [-0.2, 0) is 4.79 Å². The number of aromatic nitrogens is 3. The summed E-state index contributed by atoms with van der Waals surface area (Å²) in [7, 11) is 0. The molecule has 150 valence electrons. The van der Waals surface area contributed by atoms with Gasteiger partial charge in [-0.2, -0.15) is 0 Å². The van der Waals surface area contributed by atoms with Crippen molar-refractivity contribution < 1.29 is 9.59 Å². The van der Waals surface area contributed by atoms with Crippen molar-refractivity contribution in [1.29, 1.82) is 0 Å². The molecule has 3 rings (SSSR count). The number of rotatable bonds is 5. The van der Waals surface area contributed by atoms with Crippen molar-refractivity contribution in [2.24, 2.45) is 5.92 Å². The summed E-state index contributed by atoms with van der Waals surface area (Å²) < 4.78 is 0.